The lowest BCUT2D eigenvalue weighted by Crippen LogP contribution is -2.32. The van der Waals surface area contributed by atoms with Crippen molar-refractivity contribution in [2.45, 2.75) is 26.3 Å². The molecule has 152 valence electrons. The molecule has 0 atom stereocenters. The zero-order chi connectivity index (χ0) is 20.9. The number of hydrogen-bond acceptors (Lipinski definition) is 3. The van der Waals surface area contributed by atoms with Gasteiger partial charge >= 0.3 is 0 Å². The number of fused-ring (bicyclic) bond motifs is 1. The molecule has 29 heavy (non-hydrogen) atoms. The lowest BCUT2D eigenvalue weighted by Gasteiger charge is -2.22. The first-order valence-electron chi connectivity index (χ1n) is 9.62. The maximum atomic E-state index is 12.3. The first-order chi connectivity index (χ1) is 13.8. The van der Waals surface area contributed by atoms with Crippen molar-refractivity contribution < 1.29 is 13.2 Å². The van der Waals surface area contributed by atoms with Crippen LogP contribution in [0.4, 0.5) is 5.69 Å². The van der Waals surface area contributed by atoms with Gasteiger partial charge in [-0.2, -0.15) is 0 Å². The first kappa shape index (κ1) is 20.9. The molecule has 0 unspecified atom stereocenters. The summed E-state index contributed by atoms with van der Waals surface area (Å²) in [5.41, 5.74) is 2.75. The summed E-state index contributed by atoms with van der Waals surface area (Å²) in [7, 11) is -3.41. The third-order valence-corrected chi connectivity index (χ3v) is 6.04. The molecule has 0 fully saturated rings. The predicted molar refractivity (Wildman–Crippen MR) is 118 cm³/mol. The highest BCUT2D eigenvalue weighted by Gasteiger charge is 2.17. The van der Waals surface area contributed by atoms with Crippen LogP contribution in [0.1, 0.15) is 24.0 Å². The molecule has 0 heterocycles. The van der Waals surface area contributed by atoms with Crippen LogP contribution in [0.3, 0.4) is 0 Å². The number of aryl methyl sites for hydroxylation is 1. The molecule has 0 aliphatic heterocycles. The van der Waals surface area contributed by atoms with Crippen LogP contribution in [0.15, 0.2) is 66.7 Å². The smallest absolute Gasteiger partial charge is 0.232 e. The van der Waals surface area contributed by atoms with Crippen LogP contribution in [0, 0.1) is 6.92 Å². The lowest BCUT2D eigenvalue weighted by atomic mass is 10.0. The molecular formula is C23H26N2O3S. The molecule has 0 spiro atoms. The predicted octanol–water partition coefficient (Wildman–Crippen LogP) is 4.01. The topological polar surface area (TPSA) is 66.5 Å². The molecule has 0 aliphatic rings. The van der Waals surface area contributed by atoms with Crippen molar-refractivity contribution in [1.82, 2.24) is 5.32 Å². The van der Waals surface area contributed by atoms with Gasteiger partial charge in [-0.1, -0.05) is 60.2 Å². The first-order valence-corrected chi connectivity index (χ1v) is 11.5. The van der Waals surface area contributed by atoms with E-state index in [1.165, 1.54) is 10.6 Å². The second kappa shape index (κ2) is 9.09. The highest BCUT2D eigenvalue weighted by atomic mass is 32.2. The second-order valence-corrected chi connectivity index (χ2v) is 9.10. The Balaban J connectivity index is 1.56. The van der Waals surface area contributed by atoms with E-state index in [9.17, 15) is 13.2 Å². The fourth-order valence-electron chi connectivity index (χ4n) is 3.31. The summed E-state index contributed by atoms with van der Waals surface area (Å²) < 4.78 is 25.7. The fourth-order valence-corrected chi connectivity index (χ4v) is 4.27. The normalized spacial score (nSPS) is 11.4. The standard InChI is InChI=1S/C23H26N2O3S/c1-18-12-14-21(15-13-18)25(29(2,27)28)16-6-11-23(26)24-17-20-9-5-8-19-7-3-4-10-22(19)20/h3-5,7-10,12-15H,6,11,16-17H2,1-2H3,(H,24,26). The summed E-state index contributed by atoms with van der Waals surface area (Å²) in [5, 5.41) is 5.21. The molecule has 6 heteroatoms. The van der Waals surface area contributed by atoms with E-state index in [0.717, 1.165) is 21.9 Å². The van der Waals surface area contributed by atoms with Crippen LogP contribution in [0.2, 0.25) is 0 Å². The molecule has 3 aromatic rings. The number of sulfonamides is 1. The number of nitrogens with zero attached hydrogens (tertiary/aromatic N) is 1. The molecule has 3 aromatic carbocycles. The lowest BCUT2D eigenvalue weighted by molar-refractivity contribution is -0.121. The number of anilines is 1. The Morgan fingerprint density at radius 3 is 2.38 bits per heavy atom. The molecule has 0 bridgehead atoms. The Morgan fingerprint density at radius 2 is 1.66 bits per heavy atom. The highest BCUT2D eigenvalue weighted by molar-refractivity contribution is 7.92. The number of hydrogen-bond donors (Lipinski definition) is 1. The maximum absolute atomic E-state index is 12.3. The number of carbonyl (C=O) groups excluding carboxylic acids is 1. The molecule has 1 N–H and O–H groups in total. The van der Waals surface area contributed by atoms with Crippen molar-refractivity contribution >= 4 is 32.4 Å². The minimum Gasteiger partial charge on any atom is -0.352 e. The van der Waals surface area contributed by atoms with Gasteiger partial charge in [0.05, 0.1) is 11.9 Å². The number of carbonyl (C=O) groups is 1. The van der Waals surface area contributed by atoms with Crippen LogP contribution >= 0.6 is 0 Å². The third kappa shape index (κ3) is 5.57. The second-order valence-electron chi connectivity index (χ2n) is 7.19. The van der Waals surface area contributed by atoms with E-state index in [1.807, 2.05) is 61.5 Å². The Bertz CT molecular complexity index is 1090. The van der Waals surface area contributed by atoms with Gasteiger partial charge in [0.15, 0.2) is 0 Å². The van der Waals surface area contributed by atoms with Crippen molar-refractivity contribution in [1.29, 1.82) is 0 Å². The van der Waals surface area contributed by atoms with Crippen molar-refractivity contribution in [2.24, 2.45) is 0 Å². The van der Waals surface area contributed by atoms with Gasteiger partial charge in [0.2, 0.25) is 15.9 Å². The van der Waals surface area contributed by atoms with E-state index in [2.05, 4.69) is 5.32 Å². The van der Waals surface area contributed by atoms with Crippen LogP contribution in [-0.2, 0) is 21.4 Å². The highest BCUT2D eigenvalue weighted by Crippen LogP contribution is 2.20. The van der Waals surface area contributed by atoms with Gasteiger partial charge in [-0.3, -0.25) is 9.10 Å². The van der Waals surface area contributed by atoms with Crippen LogP contribution in [0.5, 0.6) is 0 Å². The van der Waals surface area contributed by atoms with Crippen LogP contribution < -0.4 is 9.62 Å². The zero-order valence-electron chi connectivity index (χ0n) is 16.8. The summed E-state index contributed by atoms with van der Waals surface area (Å²) in [5.74, 6) is -0.0877. The van der Waals surface area contributed by atoms with Crippen LogP contribution in [0.25, 0.3) is 10.8 Å². The molecule has 0 aliphatic carbocycles. The van der Waals surface area contributed by atoms with Gasteiger partial charge in [-0.05, 0) is 41.8 Å². The Hall–Kier alpha value is -2.86. The minimum atomic E-state index is -3.41. The van der Waals surface area contributed by atoms with E-state index in [-0.39, 0.29) is 18.9 Å². The average molecular weight is 411 g/mol. The Morgan fingerprint density at radius 1 is 0.966 bits per heavy atom. The Labute approximate surface area is 172 Å². The molecule has 0 aromatic heterocycles. The monoisotopic (exact) mass is 410 g/mol. The van der Waals surface area contributed by atoms with Crippen molar-refractivity contribution in [3.63, 3.8) is 0 Å². The molecule has 5 nitrogen and oxygen atoms in total. The van der Waals surface area contributed by atoms with Crippen molar-refractivity contribution in [3.05, 3.63) is 77.9 Å². The Kier molecular flexibility index (Phi) is 6.54. The van der Waals surface area contributed by atoms with E-state index in [1.54, 1.807) is 12.1 Å². The average Bonchev–Trinajstić information content (AvgIpc) is 2.69. The molecular weight excluding hydrogens is 384 g/mol. The summed E-state index contributed by atoms with van der Waals surface area (Å²) in [4.78, 5) is 12.3. The maximum Gasteiger partial charge on any atom is 0.232 e. The van der Waals surface area contributed by atoms with Gasteiger partial charge in [-0.15, -0.1) is 0 Å². The van der Waals surface area contributed by atoms with Crippen molar-refractivity contribution in [2.75, 3.05) is 17.1 Å². The molecule has 0 saturated carbocycles. The van der Waals surface area contributed by atoms with Gasteiger partial charge in [0.25, 0.3) is 0 Å². The molecule has 3 rings (SSSR count). The van der Waals surface area contributed by atoms with Crippen LogP contribution in [-0.4, -0.2) is 27.1 Å². The van der Waals surface area contributed by atoms with Crippen molar-refractivity contribution in [3.8, 4) is 0 Å². The largest absolute Gasteiger partial charge is 0.352 e. The number of benzene rings is 3. The number of nitrogens with one attached hydrogen (secondary N) is 1. The van der Waals surface area contributed by atoms with Gasteiger partial charge in [0.1, 0.15) is 0 Å². The molecule has 1 amide bonds. The van der Waals surface area contributed by atoms with E-state index in [0.29, 0.717) is 18.7 Å². The van der Waals surface area contributed by atoms with Gasteiger partial charge < -0.3 is 5.32 Å². The number of amides is 1. The summed E-state index contributed by atoms with van der Waals surface area (Å²) in [6.45, 7) is 2.67. The minimum absolute atomic E-state index is 0.0877. The fraction of sp³-hybridized carbons (Fsp3) is 0.261. The summed E-state index contributed by atoms with van der Waals surface area (Å²) >= 11 is 0. The zero-order valence-corrected chi connectivity index (χ0v) is 17.6. The summed E-state index contributed by atoms with van der Waals surface area (Å²) in [6.07, 6.45) is 1.90. The SMILES string of the molecule is Cc1ccc(N(CCCC(=O)NCc2cccc3ccccc23)S(C)(=O)=O)cc1. The molecule has 0 saturated heterocycles. The van der Waals surface area contributed by atoms with Gasteiger partial charge in [0, 0.05) is 19.5 Å². The third-order valence-electron chi connectivity index (χ3n) is 4.84. The number of rotatable bonds is 8. The quantitative estimate of drug-likeness (QED) is 0.610. The van der Waals surface area contributed by atoms with E-state index >= 15 is 0 Å². The van der Waals surface area contributed by atoms with E-state index < -0.39 is 10.0 Å². The van der Waals surface area contributed by atoms with Gasteiger partial charge in [-0.25, -0.2) is 8.42 Å². The summed E-state index contributed by atoms with van der Waals surface area (Å²) in [6, 6.07) is 21.4. The van der Waals surface area contributed by atoms with E-state index in [4.69, 9.17) is 0 Å². The molecule has 0 radical (unpaired) electrons.